The summed E-state index contributed by atoms with van der Waals surface area (Å²) in [6.45, 7) is 5.02. The Bertz CT molecular complexity index is 213. The molecule has 0 aromatic heterocycles. The Labute approximate surface area is 77.1 Å². The van der Waals surface area contributed by atoms with Gasteiger partial charge in [0.25, 0.3) is 0 Å². The van der Waals surface area contributed by atoms with Crippen molar-refractivity contribution in [1.82, 2.24) is 4.31 Å². The van der Waals surface area contributed by atoms with E-state index in [-0.39, 0.29) is 6.03 Å². The van der Waals surface area contributed by atoms with Crippen LogP contribution in [-0.2, 0) is 0 Å². The van der Waals surface area contributed by atoms with Crippen molar-refractivity contribution in [3.63, 3.8) is 0 Å². The van der Waals surface area contributed by atoms with Gasteiger partial charge in [0, 0.05) is 0 Å². The third kappa shape index (κ3) is 2.44. The van der Waals surface area contributed by atoms with Crippen LogP contribution in [0.3, 0.4) is 0 Å². The molecule has 1 aliphatic heterocycles. The molecule has 1 heterocycles. The number of hydrogen-bond acceptors (Lipinski definition) is 2. The van der Waals surface area contributed by atoms with E-state index in [1.54, 1.807) is 4.31 Å². The molecule has 0 spiro atoms. The molecule has 0 aromatic carbocycles. The van der Waals surface area contributed by atoms with E-state index in [1.807, 2.05) is 5.41 Å². The Hall–Kier alpha value is -0.640. The van der Waals surface area contributed by atoms with Gasteiger partial charge in [-0.25, -0.2) is 4.79 Å². The fourth-order valence-electron chi connectivity index (χ4n) is 1.16. The van der Waals surface area contributed by atoms with E-state index in [4.69, 9.17) is 5.73 Å². The molecule has 0 radical (unpaired) electrons. The minimum Gasteiger partial charge on any atom is -0.351 e. The molecule has 4 heteroatoms. The maximum Gasteiger partial charge on any atom is 0.325 e. The number of nitrogens with zero attached hydrogens (tertiary/aromatic N) is 1. The van der Waals surface area contributed by atoms with Gasteiger partial charge in [0.05, 0.1) is 6.54 Å². The predicted molar refractivity (Wildman–Crippen MR) is 51.4 cm³/mol. The smallest absolute Gasteiger partial charge is 0.325 e. The summed E-state index contributed by atoms with van der Waals surface area (Å²) in [5.74, 6) is 0.643. The Morgan fingerprint density at radius 2 is 2.50 bits per heavy atom. The second-order valence-corrected chi connectivity index (χ2v) is 4.24. The molecule has 0 atom stereocenters. The van der Waals surface area contributed by atoms with Gasteiger partial charge in [0.2, 0.25) is 0 Å². The van der Waals surface area contributed by atoms with Gasteiger partial charge >= 0.3 is 6.03 Å². The minimum absolute atomic E-state index is 0.352. The molecule has 1 aliphatic rings. The van der Waals surface area contributed by atoms with Crippen LogP contribution < -0.4 is 5.73 Å². The van der Waals surface area contributed by atoms with Crippen molar-refractivity contribution in [3.05, 3.63) is 11.0 Å². The third-order valence-electron chi connectivity index (χ3n) is 1.61. The molecule has 0 saturated carbocycles. The highest BCUT2D eigenvalue weighted by Crippen LogP contribution is 2.27. The predicted octanol–water partition coefficient (Wildman–Crippen LogP) is 1.96. The van der Waals surface area contributed by atoms with Crippen molar-refractivity contribution in [2.24, 2.45) is 11.7 Å². The van der Waals surface area contributed by atoms with Crippen LogP contribution in [0.2, 0.25) is 0 Å². The highest BCUT2D eigenvalue weighted by Gasteiger charge is 2.18. The SMILES string of the molecule is CC(C)CC1=CSN(C(N)=O)C1. The van der Waals surface area contributed by atoms with Gasteiger partial charge < -0.3 is 5.73 Å². The second-order valence-electron chi connectivity index (χ2n) is 3.35. The molecule has 1 rings (SSSR count). The van der Waals surface area contributed by atoms with Crippen molar-refractivity contribution < 1.29 is 4.79 Å². The number of urea groups is 1. The van der Waals surface area contributed by atoms with Gasteiger partial charge in [-0.15, -0.1) is 0 Å². The largest absolute Gasteiger partial charge is 0.351 e. The second kappa shape index (κ2) is 3.85. The molecule has 3 nitrogen and oxygen atoms in total. The van der Waals surface area contributed by atoms with Crippen molar-refractivity contribution in [3.8, 4) is 0 Å². The Kier molecular flexibility index (Phi) is 3.03. The van der Waals surface area contributed by atoms with Crippen LogP contribution in [0.5, 0.6) is 0 Å². The van der Waals surface area contributed by atoms with E-state index in [0.717, 1.165) is 6.42 Å². The number of amides is 2. The van der Waals surface area contributed by atoms with E-state index in [9.17, 15) is 4.79 Å². The van der Waals surface area contributed by atoms with Crippen LogP contribution in [0.4, 0.5) is 4.79 Å². The summed E-state index contributed by atoms with van der Waals surface area (Å²) in [7, 11) is 0. The third-order valence-corrected chi connectivity index (χ3v) is 2.61. The zero-order valence-electron chi connectivity index (χ0n) is 7.41. The molecular weight excluding hydrogens is 172 g/mol. The maximum atomic E-state index is 10.7. The number of hydrogen-bond donors (Lipinski definition) is 1. The van der Waals surface area contributed by atoms with Gasteiger partial charge in [-0.2, -0.15) is 0 Å². The molecule has 0 aromatic rings. The Balaban J connectivity index is 2.38. The number of nitrogens with two attached hydrogens (primary N) is 1. The lowest BCUT2D eigenvalue weighted by Crippen LogP contribution is -2.28. The average Bonchev–Trinajstić information content (AvgIpc) is 2.34. The van der Waals surface area contributed by atoms with E-state index in [2.05, 4.69) is 13.8 Å². The van der Waals surface area contributed by atoms with Crippen molar-refractivity contribution in [2.45, 2.75) is 20.3 Å². The van der Waals surface area contributed by atoms with Gasteiger partial charge in [-0.1, -0.05) is 13.8 Å². The molecule has 0 fully saturated rings. The summed E-state index contributed by atoms with van der Waals surface area (Å²) in [6, 6.07) is -0.352. The molecular formula is C8H14N2OS. The average molecular weight is 186 g/mol. The topological polar surface area (TPSA) is 46.3 Å². The highest BCUT2D eigenvalue weighted by molar-refractivity contribution is 8.00. The number of primary amides is 1. The molecule has 0 aliphatic carbocycles. The quantitative estimate of drug-likeness (QED) is 0.670. The standard InChI is InChI=1S/C8H14N2OS/c1-6(2)3-7-4-10(8(9)11)12-5-7/h5-6H,3-4H2,1-2H3,(H2,9,11). The molecule has 0 unspecified atom stereocenters. The van der Waals surface area contributed by atoms with Crippen molar-refractivity contribution >= 4 is 18.0 Å². The van der Waals surface area contributed by atoms with Gasteiger partial charge in [-0.3, -0.25) is 4.31 Å². The molecule has 2 N–H and O–H groups in total. The molecule has 12 heavy (non-hydrogen) atoms. The first-order valence-corrected chi connectivity index (χ1v) is 4.85. The van der Waals surface area contributed by atoms with Crippen molar-refractivity contribution in [1.29, 1.82) is 0 Å². The van der Waals surface area contributed by atoms with Crippen LogP contribution in [-0.4, -0.2) is 16.9 Å². The summed E-state index contributed by atoms with van der Waals surface area (Å²) < 4.78 is 1.57. The first kappa shape index (κ1) is 9.45. The molecule has 68 valence electrons. The zero-order chi connectivity index (χ0) is 9.14. The summed E-state index contributed by atoms with van der Waals surface area (Å²) in [4.78, 5) is 10.7. The highest BCUT2D eigenvalue weighted by atomic mass is 32.2. The van der Waals surface area contributed by atoms with Crippen LogP contribution >= 0.6 is 11.9 Å². The fourth-order valence-corrected chi connectivity index (χ4v) is 1.96. The first-order chi connectivity index (χ1) is 5.59. The lowest BCUT2D eigenvalue weighted by atomic mass is 10.0. The monoisotopic (exact) mass is 186 g/mol. The fraction of sp³-hybridized carbons (Fsp3) is 0.625. The number of carbonyl (C=O) groups excluding carboxylic acids is 1. The van der Waals surface area contributed by atoms with Gasteiger partial charge in [0.15, 0.2) is 0 Å². The summed E-state index contributed by atoms with van der Waals surface area (Å²) in [6.07, 6.45) is 1.05. The summed E-state index contributed by atoms with van der Waals surface area (Å²) in [5.41, 5.74) is 6.42. The van der Waals surface area contributed by atoms with E-state index >= 15 is 0 Å². The normalized spacial score (nSPS) is 16.9. The first-order valence-electron chi connectivity index (χ1n) is 4.01. The number of carbonyl (C=O) groups is 1. The van der Waals surface area contributed by atoms with Crippen LogP contribution in [0, 0.1) is 5.92 Å². The van der Waals surface area contributed by atoms with Crippen molar-refractivity contribution in [2.75, 3.05) is 6.54 Å². The molecule has 0 bridgehead atoms. The summed E-state index contributed by atoms with van der Waals surface area (Å²) >= 11 is 1.40. The zero-order valence-corrected chi connectivity index (χ0v) is 8.23. The minimum atomic E-state index is -0.352. The Morgan fingerprint density at radius 1 is 1.83 bits per heavy atom. The summed E-state index contributed by atoms with van der Waals surface area (Å²) in [5, 5.41) is 2.02. The van der Waals surface area contributed by atoms with Gasteiger partial charge in [-0.05, 0) is 35.3 Å². The maximum absolute atomic E-state index is 10.7. The van der Waals surface area contributed by atoms with E-state index in [0.29, 0.717) is 12.5 Å². The molecule has 2 amide bonds. The lowest BCUT2D eigenvalue weighted by Gasteiger charge is -2.11. The van der Waals surface area contributed by atoms with E-state index < -0.39 is 0 Å². The van der Waals surface area contributed by atoms with Gasteiger partial charge in [0.1, 0.15) is 0 Å². The van der Waals surface area contributed by atoms with Crippen LogP contribution in [0.1, 0.15) is 20.3 Å². The lowest BCUT2D eigenvalue weighted by molar-refractivity contribution is 0.237. The Morgan fingerprint density at radius 3 is 2.92 bits per heavy atom. The number of rotatable bonds is 2. The van der Waals surface area contributed by atoms with Crippen LogP contribution in [0.15, 0.2) is 11.0 Å². The molecule has 0 saturated heterocycles. The van der Waals surface area contributed by atoms with Crippen LogP contribution in [0.25, 0.3) is 0 Å². The van der Waals surface area contributed by atoms with E-state index in [1.165, 1.54) is 17.5 Å².